The average molecular weight is 531 g/mol. The maximum Gasteiger partial charge on any atom is 0.0712 e. The van der Waals surface area contributed by atoms with E-state index >= 15 is 0 Å². The van der Waals surface area contributed by atoms with Gasteiger partial charge in [-0.2, -0.15) is 0 Å². The molecule has 1 fully saturated rings. The summed E-state index contributed by atoms with van der Waals surface area (Å²) in [6.07, 6.45) is 19.7. The number of hydrogen-bond acceptors (Lipinski definition) is 2. The number of fused-ring (bicyclic) bond motifs is 4. The van der Waals surface area contributed by atoms with Gasteiger partial charge in [-0.3, -0.25) is 0 Å². The summed E-state index contributed by atoms with van der Waals surface area (Å²) in [6, 6.07) is 30.9. The lowest BCUT2D eigenvalue weighted by Crippen LogP contribution is -2.35. The first kappa shape index (κ1) is 25.2. The molecule has 4 aromatic carbocycles. The number of benzene rings is 4. The van der Waals surface area contributed by atoms with Crippen LogP contribution < -0.4 is 9.80 Å². The van der Waals surface area contributed by atoms with Crippen molar-refractivity contribution in [3.05, 3.63) is 157 Å². The zero-order valence-corrected chi connectivity index (χ0v) is 23.5. The Labute approximate surface area is 243 Å². The topological polar surface area (TPSA) is 6.48 Å². The maximum absolute atomic E-state index is 4.10. The maximum atomic E-state index is 4.10. The molecule has 0 heterocycles. The van der Waals surface area contributed by atoms with Crippen molar-refractivity contribution in [1.29, 1.82) is 0 Å². The predicted octanol–water partition coefficient (Wildman–Crippen LogP) is 10.2. The van der Waals surface area contributed by atoms with Crippen LogP contribution in [-0.4, -0.2) is 12.6 Å². The van der Waals surface area contributed by atoms with Crippen molar-refractivity contribution in [3.8, 4) is 0 Å². The molecule has 0 bridgehead atoms. The molecule has 0 amide bonds. The van der Waals surface area contributed by atoms with Gasteiger partial charge in [0.05, 0.1) is 5.54 Å². The number of nitrogens with zero attached hydrogens (tertiary/aromatic N) is 2. The highest BCUT2D eigenvalue weighted by Gasteiger charge is 2.57. The first-order chi connectivity index (χ1) is 20.1. The van der Waals surface area contributed by atoms with E-state index in [0.717, 1.165) is 24.1 Å². The number of rotatable bonds is 7. The van der Waals surface area contributed by atoms with Crippen LogP contribution in [0.2, 0.25) is 0 Å². The van der Waals surface area contributed by atoms with Gasteiger partial charge in [0.15, 0.2) is 0 Å². The molecule has 0 saturated heterocycles. The summed E-state index contributed by atoms with van der Waals surface area (Å²) in [4.78, 5) is 4.82. The molecule has 200 valence electrons. The van der Waals surface area contributed by atoms with Gasteiger partial charge in [0.2, 0.25) is 0 Å². The first-order valence-corrected chi connectivity index (χ1v) is 14.4. The summed E-state index contributed by atoms with van der Waals surface area (Å²) >= 11 is 0. The minimum Gasteiger partial charge on any atom is -0.344 e. The Kier molecular flexibility index (Phi) is 6.12. The van der Waals surface area contributed by atoms with Gasteiger partial charge in [-0.1, -0.05) is 104 Å². The Hall–Kier alpha value is -4.82. The van der Waals surface area contributed by atoms with Gasteiger partial charge in [0, 0.05) is 41.1 Å². The van der Waals surface area contributed by atoms with E-state index in [-0.39, 0.29) is 5.54 Å². The number of hydrogen-bond donors (Lipinski definition) is 0. The Morgan fingerprint density at radius 1 is 0.756 bits per heavy atom. The molecule has 2 heteroatoms. The third-order valence-electron chi connectivity index (χ3n) is 8.83. The molecule has 0 radical (unpaired) electrons. The summed E-state index contributed by atoms with van der Waals surface area (Å²) < 4.78 is 0. The Bertz CT molecular complexity index is 1790. The second-order valence-corrected chi connectivity index (χ2v) is 11.2. The predicted molar refractivity (Wildman–Crippen MR) is 177 cm³/mol. The highest BCUT2D eigenvalue weighted by Crippen LogP contribution is 2.58. The van der Waals surface area contributed by atoms with Crippen LogP contribution in [0.1, 0.15) is 24.0 Å². The minimum absolute atomic E-state index is 0.0993. The normalized spacial score (nSPS) is 20.3. The summed E-state index contributed by atoms with van der Waals surface area (Å²) in [5, 5.41) is 2.55. The molecule has 3 aliphatic carbocycles. The van der Waals surface area contributed by atoms with Crippen LogP contribution in [0, 0.1) is 5.92 Å². The van der Waals surface area contributed by atoms with E-state index in [2.05, 4.69) is 151 Å². The lowest BCUT2D eigenvalue weighted by molar-refractivity contribution is 0.744. The molecule has 7 rings (SSSR count). The van der Waals surface area contributed by atoms with Gasteiger partial charge in [0.25, 0.3) is 0 Å². The van der Waals surface area contributed by atoms with Crippen LogP contribution in [0.5, 0.6) is 0 Å². The first-order valence-electron chi connectivity index (χ1n) is 14.4. The van der Waals surface area contributed by atoms with Crippen LogP contribution >= 0.6 is 0 Å². The SMILES string of the molecule is C=CC1=CC2CC2(N(c2ccccc2)c2ccc(N(C)c3cc4c(c5ccccc35)C=CCC=C4)cc2)C=C1C=C. The Balaban J connectivity index is 1.29. The molecule has 0 spiro atoms. The summed E-state index contributed by atoms with van der Waals surface area (Å²) in [5.41, 5.74) is 9.55. The molecular weight excluding hydrogens is 496 g/mol. The van der Waals surface area contributed by atoms with Crippen molar-refractivity contribution in [2.75, 3.05) is 16.8 Å². The summed E-state index contributed by atoms with van der Waals surface area (Å²) in [5.74, 6) is 0.440. The fraction of sp³-hybridized carbons (Fsp3) is 0.128. The van der Waals surface area contributed by atoms with Gasteiger partial charge in [0.1, 0.15) is 0 Å². The second kappa shape index (κ2) is 9.98. The molecule has 41 heavy (non-hydrogen) atoms. The zero-order valence-electron chi connectivity index (χ0n) is 23.5. The van der Waals surface area contributed by atoms with E-state index in [1.165, 1.54) is 44.5 Å². The molecule has 0 aliphatic heterocycles. The van der Waals surface area contributed by atoms with Crippen molar-refractivity contribution >= 4 is 45.7 Å². The van der Waals surface area contributed by atoms with Crippen molar-refractivity contribution in [1.82, 2.24) is 0 Å². The van der Waals surface area contributed by atoms with Crippen LogP contribution in [-0.2, 0) is 0 Å². The van der Waals surface area contributed by atoms with E-state index in [9.17, 15) is 0 Å². The molecule has 1 saturated carbocycles. The number of para-hydroxylation sites is 1. The lowest BCUT2D eigenvalue weighted by Gasteiger charge is -2.35. The van der Waals surface area contributed by atoms with Crippen molar-refractivity contribution < 1.29 is 0 Å². The second-order valence-electron chi connectivity index (χ2n) is 11.2. The lowest BCUT2D eigenvalue weighted by atomic mass is 9.93. The molecule has 2 nitrogen and oxygen atoms in total. The molecule has 0 aromatic heterocycles. The van der Waals surface area contributed by atoms with E-state index in [4.69, 9.17) is 0 Å². The highest BCUT2D eigenvalue weighted by molar-refractivity contribution is 6.03. The van der Waals surface area contributed by atoms with Gasteiger partial charge in [-0.15, -0.1) is 0 Å². The van der Waals surface area contributed by atoms with Gasteiger partial charge in [-0.25, -0.2) is 0 Å². The van der Waals surface area contributed by atoms with E-state index in [1.54, 1.807) is 0 Å². The van der Waals surface area contributed by atoms with Gasteiger partial charge in [-0.05, 0) is 83.0 Å². The standard InChI is InChI=1S/C39H34N2/c1-4-28-24-31-27-39(31,26-29(28)5-2)41(33-15-9-7-10-16-33)34-22-20-32(21-23-34)40(3)38-25-30-14-8-6-11-17-35(30)36-18-12-13-19-37(36)38/h4-5,7-26,31H,1-2,6,27H2,3H3. The summed E-state index contributed by atoms with van der Waals surface area (Å²) in [7, 11) is 2.17. The Morgan fingerprint density at radius 2 is 1.41 bits per heavy atom. The monoisotopic (exact) mass is 530 g/mol. The zero-order chi connectivity index (χ0) is 28.0. The fourth-order valence-electron chi connectivity index (χ4n) is 6.64. The van der Waals surface area contributed by atoms with Crippen LogP contribution in [0.4, 0.5) is 22.7 Å². The van der Waals surface area contributed by atoms with Crippen molar-refractivity contribution in [2.24, 2.45) is 5.92 Å². The molecule has 2 atom stereocenters. The van der Waals surface area contributed by atoms with Gasteiger partial charge >= 0.3 is 0 Å². The van der Waals surface area contributed by atoms with Gasteiger partial charge < -0.3 is 9.80 Å². The van der Waals surface area contributed by atoms with Crippen molar-refractivity contribution in [3.63, 3.8) is 0 Å². The Morgan fingerprint density at radius 3 is 2.17 bits per heavy atom. The average Bonchev–Trinajstić information content (AvgIpc) is 3.79. The fourth-order valence-corrected chi connectivity index (χ4v) is 6.64. The van der Waals surface area contributed by atoms with Crippen LogP contribution in [0.3, 0.4) is 0 Å². The third kappa shape index (κ3) is 4.19. The van der Waals surface area contributed by atoms with Crippen LogP contribution in [0.25, 0.3) is 22.9 Å². The number of anilines is 4. The number of allylic oxidation sites excluding steroid dienone is 6. The van der Waals surface area contributed by atoms with E-state index in [1.807, 2.05) is 12.2 Å². The smallest absolute Gasteiger partial charge is 0.0712 e. The van der Waals surface area contributed by atoms with E-state index in [0.29, 0.717) is 5.92 Å². The largest absolute Gasteiger partial charge is 0.344 e. The molecule has 4 aromatic rings. The molecule has 2 unspecified atom stereocenters. The van der Waals surface area contributed by atoms with E-state index < -0.39 is 0 Å². The molecule has 0 N–H and O–H groups in total. The van der Waals surface area contributed by atoms with Crippen molar-refractivity contribution in [2.45, 2.75) is 18.4 Å². The third-order valence-corrected chi connectivity index (χ3v) is 8.83. The van der Waals surface area contributed by atoms with Crippen LogP contribution in [0.15, 0.2) is 146 Å². The quantitative estimate of drug-likeness (QED) is 0.234. The minimum atomic E-state index is -0.0993. The highest BCUT2D eigenvalue weighted by atomic mass is 15.3. The molecule has 3 aliphatic rings. The molecular formula is C39H34N2. The summed E-state index contributed by atoms with van der Waals surface area (Å²) in [6.45, 7) is 8.13.